The van der Waals surface area contributed by atoms with Crippen LogP contribution < -0.4 is 5.32 Å². The molecular weight excluding hydrogens is 947 g/mol. The molecule has 0 fully saturated rings. The summed E-state index contributed by atoms with van der Waals surface area (Å²) in [5.41, 5.74) is 0. The molecule has 0 aliphatic carbocycles. The van der Waals surface area contributed by atoms with Gasteiger partial charge in [0.25, 0.3) is 0 Å². The molecule has 0 heterocycles. The number of hydrogen-bond donors (Lipinski definition) is 3. The Balaban J connectivity index is 3.43. The van der Waals surface area contributed by atoms with Crippen molar-refractivity contribution in [2.45, 2.75) is 405 Å². The molecule has 77 heavy (non-hydrogen) atoms. The average molecular weight is 1080 g/mol. The van der Waals surface area contributed by atoms with Crippen molar-refractivity contribution >= 4 is 11.9 Å². The summed E-state index contributed by atoms with van der Waals surface area (Å²) in [5, 5.41) is 23.4. The fourth-order valence-corrected chi connectivity index (χ4v) is 11.1. The molecule has 0 aliphatic heterocycles. The molecule has 2 atom stereocenters. The Morgan fingerprint density at radius 1 is 0.351 bits per heavy atom. The van der Waals surface area contributed by atoms with Gasteiger partial charge in [-0.05, 0) is 77.0 Å². The molecule has 0 saturated heterocycles. The first kappa shape index (κ1) is 75.3. The van der Waals surface area contributed by atoms with Gasteiger partial charge in [0.15, 0.2) is 0 Å². The summed E-state index contributed by atoms with van der Waals surface area (Å²) in [6.45, 7) is 4.97. The number of aliphatic hydroxyl groups is 2. The van der Waals surface area contributed by atoms with Crippen LogP contribution in [0.4, 0.5) is 0 Å². The molecule has 6 nitrogen and oxygen atoms in total. The quantitative estimate of drug-likeness (QED) is 0.0320. The van der Waals surface area contributed by atoms with Crippen LogP contribution in [0.15, 0.2) is 24.3 Å². The van der Waals surface area contributed by atoms with Crippen LogP contribution in [0.5, 0.6) is 0 Å². The van der Waals surface area contributed by atoms with E-state index in [1.807, 2.05) is 0 Å². The Kier molecular flexibility index (Phi) is 65.4. The number of carbonyl (C=O) groups is 2. The van der Waals surface area contributed by atoms with E-state index in [1.165, 1.54) is 302 Å². The van der Waals surface area contributed by atoms with Crippen molar-refractivity contribution in [3.63, 3.8) is 0 Å². The molecule has 1 amide bonds. The van der Waals surface area contributed by atoms with E-state index in [0.717, 1.165) is 57.8 Å². The topological polar surface area (TPSA) is 95.9 Å². The van der Waals surface area contributed by atoms with Gasteiger partial charge in [-0.3, -0.25) is 9.59 Å². The fraction of sp³-hybridized carbons (Fsp3) is 0.915. The van der Waals surface area contributed by atoms with E-state index in [4.69, 9.17) is 4.74 Å². The van der Waals surface area contributed by atoms with Crippen LogP contribution in [0.3, 0.4) is 0 Å². The minimum absolute atomic E-state index is 0.00125. The van der Waals surface area contributed by atoms with Crippen LogP contribution >= 0.6 is 0 Å². The number of allylic oxidation sites excluding steroid dienone is 4. The van der Waals surface area contributed by atoms with Gasteiger partial charge < -0.3 is 20.3 Å². The molecule has 0 saturated carbocycles. The van der Waals surface area contributed by atoms with E-state index in [9.17, 15) is 19.8 Å². The highest BCUT2D eigenvalue weighted by molar-refractivity contribution is 5.76. The van der Waals surface area contributed by atoms with Crippen molar-refractivity contribution < 1.29 is 24.5 Å². The van der Waals surface area contributed by atoms with Crippen molar-refractivity contribution in [2.75, 3.05) is 13.2 Å². The van der Waals surface area contributed by atoms with Crippen molar-refractivity contribution in [3.05, 3.63) is 24.3 Å². The van der Waals surface area contributed by atoms with Gasteiger partial charge in [0, 0.05) is 12.8 Å². The van der Waals surface area contributed by atoms with Crippen LogP contribution in [-0.4, -0.2) is 47.4 Å². The predicted molar refractivity (Wildman–Crippen MR) is 338 cm³/mol. The molecule has 456 valence electrons. The molecule has 0 bridgehead atoms. The summed E-state index contributed by atoms with van der Waals surface area (Å²) in [6, 6.07) is -0.553. The maximum Gasteiger partial charge on any atom is 0.305 e. The monoisotopic (exact) mass is 1080 g/mol. The maximum atomic E-state index is 12.5. The molecule has 3 N–H and O–H groups in total. The number of carbonyl (C=O) groups excluding carboxylic acids is 2. The van der Waals surface area contributed by atoms with Crippen molar-refractivity contribution in [3.8, 4) is 0 Å². The smallest absolute Gasteiger partial charge is 0.305 e. The third-order valence-electron chi connectivity index (χ3n) is 16.5. The van der Waals surface area contributed by atoms with E-state index < -0.39 is 12.1 Å². The lowest BCUT2D eigenvalue weighted by Crippen LogP contribution is -2.45. The number of esters is 1. The van der Waals surface area contributed by atoms with Gasteiger partial charge in [-0.1, -0.05) is 327 Å². The van der Waals surface area contributed by atoms with Crippen LogP contribution in [0.25, 0.3) is 0 Å². The number of amides is 1. The van der Waals surface area contributed by atoms with E-state index in [-0.39, 0.29) is 18.5 Å². The first-order valence-electron chi connectivity index (χ1n) is 35.1. The van der Waals surface area contributed by atoms with Crippen molar-refractivity contribution in [1.29, 1.82) is 0 Å². The second-order valence-corrected chi connectivity index (χ2v) is 24.2. The highest BCUT2D eigenvalue weighted by Gasteiger charge is 2.20. The Morgan fingerprint density at radius 2 is 0.610 bits per heavy atom. The van der Waals surface area contributed by atoms with Crippen LogP contribution in [0, 0.1) is 0 Å². The second-order valence-electron chi connectivity index (χ2n) is 24.2. The molecule has 6 heteroatoms. The van der Waals surface area contributed by atoms with E-state index >= 15 is 0 Å². The lowest BCUT2D eigenvalue weighted by molar-refractivity contribution is -0.143. The summed E-state index contributed by atoms with van der Waals surface area (Å²) in [7, 11) is 0. The first-order valence-corrected chi connectivity index (χ1v) is 35.1. The van der Waals surface area contributed by atoms with E-state index in [2.05, 4.69) is 43.5 Å². The lowest BCUT2D eigenvalue weighted by Gasteiger charge is -2.22. The summed E-state index contributed by atoms with van der Waals surface area (Å²) < 4.78 is 5.50. The largest absolute Gasteiger partial charge is 0.466 e. The number of ether oxygens (including phenoxy) is 1. The van der Waals surface area contributed by atoms with Gasteiger partial charge in [-0.2, -0.15) is 0 Å². The highest BCUT2D eigenvalue weighted by Crippen LogP contribution is 2.19. The number of nitrogens with one attached hydrogen (secondary N) is 1. The van der Waals surface area contributed by atoms with Gasteiger partial charge in [0.1, 0.15) is 0 Å². The van der Waals surface area contributed by atoms with Crippen LogP contribution in [0.1, 0.15) is 393 Å². The normalized spacial score (nSPS) is 12.6. The van der Waals surface area contributed by atoms with Crippen molar-refractivity contribution in [1.82, 2.24) is 5.32 Å². The Labute approximate surface area is 481 Å². The predicted octanol–water partition coefficient (Wildman–Crippen LogP) is 22.5. The SMILES string of the molecule is CCCCCCCCC/C=C\CCCCCCCCCC(=O)OCCCCCCCCCCC/C=C\CCCCCCCC(=O)NC(CO)C(O)CCCCCCCCCCCCCCCCCCCCCCCCCC. The minimum atomic E-state index is -0.675. The molecule has 0 aromatic carbocycles. The zero-order valence-electron chi connectivity index (χ0n) is 52.2. The van der Waals surface area contributed by atoms with Gasteiger partial charge in [-0.25, -0.2) is 0 Å². The fourth-order valence-electron chi connectivity index (χ4n) is 11.1. The summed E-state index contributed by atoms with van der Waals surface area (Å²) in [4.78, 5) is 24.7. The first-order chi connectivity index (χ1) is 38.0. The lowest BCUT2D eigenvalue weighted by atomic mass is 10.0. The molecule has 0 spiro atoms. The molecule has 0 aromatic heterocycles. The molecule has 0 aliphatic rings. The van der Waals surface area contributed by atoms with Crippen LogP contribution in [0.2, 0.25) is 0 Å². The molecule has 2 unspecified atom stereocenters. The third-order valence-corrected chi connectivity index (χ3v) is 16.5. The Bertz CT molecular complexity index is 1200. The zero-order valence-corrected chi connectivity index (χ0v) is 52.2. The van der Waals surface area contributed by atoms with Gasteiger partial charge in [-0.15, -0.1) is 0 Å². The number of rotatable bonds is 66. The Morgan fingerprint density at radius 3 is 0.922 bits per heavy atom. The number of aliphatic hydroxyl groups excluding tert-OH is 2. The van der Waals surface area contributed by atoms with Gasteiger partial charge >= 0.3 is 5.97 Å². The second kappa shape index (κ2) is 66.8. The minimum Gasteiger partial charge on any atom is -0.466 e. The average Bonchev–Trinajstić information content (AvgIpc) is 3.43. The van der Waals surface area contributed by atoms with Crippen LogP contribution in [-0.2, 0) is 14.3 Å². The van der Waals surface area contributed by atoms with E-state index in [1.54, 1.807) is 0 Å². The number of unbranched alkanes of at least 4 members (excludes halogenated alkanes) is 51. The highest BCUT2D eigenvalue weighted by atomic mass is 16.5. The van der Waals surface area contributed by atoms with Gasteiger partial charge in [0.2, 0.25) is 5.91 Å². The molecule has 0 radical (unpaired) electrons. The zero-order chi connectivity index (χ0) is 55.7. The maximum absolute atomic E-state index is 12.5. The standard InChI is InChI=1S/C71H137NO5/c1-3-5-7-9-11-13-15-17-19-21-23-24-25-26-27-28-31-35-39-43-47-51-55-59-63-69(74)68(67-73)72-70(75)64-60-56-52-48-44-40-36-32-29-30-34-38-42-46-50-54-58-62-66-77-71(76)65-61-57-53-49-45-41-37-33-22-20-18-16-14-12-10-8-6-4-2/h20,22,32,36,68-69,73-74H,3-19,21,23-31,33-35,37-67H2,1-2H3,(H,72,75)/b22-20-,36-32-. The molecule has 0 rings (SSSR count). The third kappa shape index (κ3) is 63.4. The van der Waals surface area contributed by atoms with Crippen molar-refractivity contribution in [2.24, 2.45) is 0 Å². The Hall–Kier alpha value is -1.66. The summed E-state index contributed by atoms with van der Waals surface area (Å²) in [5.74, 6) is -0.0436. The molecule has 0 aromatic rings. The number of hydrogen-bond acceptors (Lipinski definition) is 5. The van der Waals surface area contributed by atoms with Gasteiger partial charge in [0.05, 0.1) is 25.4 Å². The van der Waals surface area contributed by atoms with E-state index in [0.29, 0.717) is 25.9 Å². The summed E-state index contributed by atoms with van der Waals surface area (Å²) in [6.07, 6.45) is 83.6. The summed E-state index contributed by atoms with van der Waals surface area (Å²) >= 11 is 0. The molecular formula is C71H137NO5.